The topological polar surface area (TPSA) is 46.5 Å². The Balaban J connectivity index is 1.23. The van der Waals surface area contributed by atoms with Gasteiger partial charge in [0.2, 0.25) is 0 Å². The van der Waals surface area contributed by atoms with Gasteiger partial charge in [-0.25, -0.2) is 4.98 Å². The maximum absolute atomic E-state index is 10.6. The second-order valence-corrected chi connectivity index (χ2v) is 12.7. The molecule has 0 aliphatic carbocycles. The van der Waals surface area contributed by atoms with Gasteiger partial charge in [-0.3, -0.25) is 4.57 Å². The van der Waals surface area contributed by atoms with Crippen molar-refractivity contribution in [3.05, 3.63) is 175 Å². The van der Waals surface area contributed by atoms with Gasteiger partial charge in [-0.1, -0.05) is 115 Å². The third kappa shape index (κ3) is 4.14. The van der Waals surface area contributed by atoms with Crippen LogP contribution in [0.2, 0.25) is 0 Å². The quantitative estimate of drug-likeness (QED) is 0.193. The van der Waals surface area contributed by atoms with Crippen molar-refractivity contribution in [3.8, 4) is 39.8 Å². The summed E-state index contributed by atoms with van der Waals surface area (Å²) in [6.07, 6.45) is 0. The molecule has 7 aromatic carbocycles. The fourth-order valence-electron chi connectivity index (χ4n) is 7.74. The minimum absolute atomic E-state index is 0.627. The lowest BCUT2D eigenvalue weighted by molar-refractivity contribution is 1.10. The third-order valence-corrected chi connectivity index (χ3v) is 9.95. The molecule has 0 saturated carbocycles. The average molecular weight is 637 g/mol. The van der Waals surface area contributed by atoms with E-state index < -0.39 is 0 Å². The van der Waals surface area contributed by atoms with Crippen molar-refractivity contribution in [2.75, 3.05) is 0 Å². The van der Waals surface area contributed by atoms with Crippen molar-refractivity contribution < 1.29 is 0 Å². The Labute approximate surface area is 288 Å². The highest BCUT2D eigenvalue weighted by molar-refractivity contribution is 6.13. The predicted molar refractivity (Wildman–Crippen MR) is 206 cm³/mol. The van der Waals surface area contributed by atoms with Crippen molar-refractivity contribution in [1.82, 2.24) is 14.1 Å². The first-order chi connectivity index (χ1) is 24.8. The Hall–Kier alpha value is -6.96. The Bertz CT molecular complexity index is 2980. The van der Waals surface area contributed by atoms with Gasteiger partial charge in [-0.15, -0.1) is 0 Å². The fourth-order valence-corrected chi connectivity index (χ4v) is 7.74. The SMILES string of the molecule is N#Cc1c(-c2ccccc2)c(-n2c3ccccc3c3cc(-c4ccc5c(c4)c4ccccc4n5-c4ccccc4)ccc32)nc2ccccc12. The first kappa shape index (κ1) is 28.1. The van der Waals surface area contributed by atoms with Crippen LogP contribution in [0.25, 0.3) is 88.3 Å². The highest BCUT2D eigenvalue weighted by Gasteiger charge is 2.22. The van der Waals surface area contributed by atoms with E-state index in [-0.39, 0.29) is 0 Å². The number of para-hydroxylation sites is 4. The van der Waals surface area contributed by atoms with Gasteiger partial charge in [-0.05, 0) is 71.3 Å². The zero-order valence-corrected chi connectivity index (χ0v) is 27.0. The van der Waals surface area contributed by atoms with Gasteiger partial charge in [0.1, 0.15) is 11.9 Å². The Kier molecular flexibility index (Phi) is 6.21. The van der Waals surface area contributed by atoms with Gasteiger partial charge in [0.15, 0.2) is 0 Å². The van der Waals surface area contributed by atoms with Gasteiger partial charge in [0, 0.05) is 38.2 Å². The van der Waals surface area contributed by atoms with E-state index in [2.05, 4.69) is 143 Å². The molecule has 50 heavy (non-hydrogen) atoms. The summed E-state index contributed by atoms with van der Waals surface area (Å²) in [5, 5.41) is 16.2. The zero-order valence-electron chi connectivity index (χ0n) is 27.0. The Morgan fingerprint density at radius 1 is 0.420 bits per heavy atom. The summed E-state index contributed by atoms with van der Waals surface area (Å²) < 4.78 is 4.59. The van der Waals surface area contributed by atoms with E-state index in [1.165, 1.54) is 21.8 Å². The van der Waals surface area contributed by atoms with Crippen LogP contribution >= 0.6 is 0 Å². The number of rotatable bonds is 4. The molecule has 0 spiro atoms. The first-order valence-electron chi connectivity index (χ1n) is 16.8. The molecule has 0 bridgehead atoms. The van der Waals surface area contributed by atoms with Crippen LogP contribution in [0, 0.1) is 11.3 Å². The van der Waals surface area contributed by atoms with Crippen LogP contribution < -0.4 is 0 Å². The molecule has 10 aromatic rings. The largest absolute Gasteiger partial charge is 0.309 e. The first-order valence-corrected chi connectivity index (χ1v) is 16.8. The standard InChI is InChI=1S/C46H28N4/c47-29-39-34-17-7-10-20-40(34)48-46(45(39)30-13-3-1-4-14-30)50-42-22-12-9-19-36(42)38-28-32(24-26-44(38)50)31-23-25-43-37(27-31)35-18-8-11-21-41(35)49(43)33-15-5-2-6-16-33/h1-28H. The van der Waals surface area contributed by atoms with Crippen LogP contribution in [0.5, 0.6) is 0 Å². The van der Waals surface area contributed by atoms with E-state index in [0.717, 1.165) is 66.5 Å². The lowest BCUT2D eigenvalue weighted by Crippen LogP contribution is -2.04. The van der Waals surface area contributed by atoms with E-state index in [4.69, 9.17) is 4.98 Å². The van der Waals surface area contributed by atoms with Crippen molar-refractivity contribution >= 4 is 54.5 Å². The molecular formula is C46H28N4. The minimum atomic E-state index is 0.627. The van der Waals surface area contributed by atoms with Crippen molar-refractivity contribution in [2.45, 2.75) is 0 Å². The number of nitrogens with zero attached hydrogens (tertiary/aromatic N) is 4. The summed E-state index contributed by atoms with van der Waals surface area (Å²) in [6, 6.07) is 61.9. The van der Waals surface area contributed by atoms with Crippen molar-refractivity contribution in [2.24, 2.45) is 0 Å². The van der Waals surface area contributed by atoms with E-state index in [1.807, 2.05) is 42.5 Å². The molecular weight excluding hydrogens is 609 g/mol. The predicted octanol–water partition coefficient (Wildman–Crippen LogP) is 11.6. The molecule has 0 amide bonds. The van der Waals surface area contributed by atoms with Crippen LogP contribution in [-0.2, 0) is 0 Å². The smallest absolute Gasteiger partial charge is 0.147 e. The molecule has 0 saturated heterocycles. The molecule has 0 aliphatic rings. The van der Waals surface area contributed by atoms with Gasteiger partial charge in [0.05, 0.1) is 33.1 Å². The number of nitriles is 1. The van der Waals surface area contributed by atoms with Gasteiger partial charge in [-0.2, -0.15) is 5.26 Å². The number of benzene rings is 7. The number of pyridine rings is 1. The van der Waals surface area contributed by atoms with E-state index in [1.54, 1.807) is 0 Å². The van der Waals surface area contributed by atoms with Crippen molar-refractivity contribution in [3.63, 3.8) is 0 Å². The number of aromatic nitrogens is 3. The lowest BCUT2D eigenvalue weighted by atomic mass is 9.97. The molecule has 0 fully saturated rings. The molecule has 4 heteroatoms. The summed E-state index contributed by atoms with van der Waals surface area (Å²) in [6.45, 7) is 0. The molecule has 10 rings (SSSR count). The molecule has 4 nitrogen and oxygen atoms in total. The average Bonchev–Trinajstić information content (AvgIpc) is 3.70. The maximum Gasteiger partial charge on any atom is 0.147 e. The summed E-state index contributed by atoms with van der Waals surface area (Å²) in [5.41, 5.74) is 11.1. The number of hydrogen-bond acceptors (Lipinski definition) is 2. The molecule has 3 aromatic heterocycles. The summed E-state index contributed by atoms with van der Waals surface area (Å²) in [5.74, 6) is 0.751. The molecule has 232 valence electrons. The highest BCUT2D eigenvalue weighted by atomic mass is 15.1. The van der Waals surface area contributed by atoms with Crippen LogP contribution in [-0.4, -0.2) is 14.1 Å². The third-order valence-electron chi connectivity index (χ3n) is 9.95. The van der Waals surface area contributed by atoms with Crippen LogP contribution in [0.4, 0.5) is 0 Å². The summed E-state index contributed by atoms with van der Waals surface area (Å²) >= 11 is 0. The normalized spacial score (nSPS) is 11.6. The van der Waals surface area contributed by atoms with Gasteiger partial charge < -0.3 is 4.57 Å². The molecule has 0 N–H and O–H groups in total. The second kappa shape index (κ2) is 11.1. The summed E-state index contributed by atoms with van der Waals surface area (Å²) in [4.78, 5) is 5.28. The molecule has 0 radical (unpaired) electrons. The van der Waals surface area contributed by atoms with E-state index >= 15 is 0 Å². The maximum atomic E-state index is 10.6. The van der Waals surface area contributed by atoms with Crippen molar-refractivity contribution in [1.29, 1.82) is 5.26 Å². The Morgan fingerprint density at radius 3 is 1.56 bits per heavy atom. The Morgan fingerprint density at radius 2 is 0.920 bits per heavy atom. The van der Waals surface area contributed by atoms with Crippen LogP contribution in [0.1, 0.15) is 5.56 Å². The second-order valence-electron chi connectivity index (χ2n) is 12.7. The molecule has 0 atom stereocenters. The molecule has 0 aliphatic heterocycles. The van der Waals surface area contributed by atoms with E-state index in [9.17, 15) is 5.26 Å². The monoisotopic (exact) mass is 636 g/mol. The zero-order chi connectivity index (χ0) is 33.2. The van der Waals surface area contributed by atoms with Gasteiger partial charge >= 0.3 is 0 Å². The number of hydrogen-bond donors (Lipinski definition) is 0. The minimum Gasteiger partial charge on any atom is -0.309 e. The number of fused-ring (bicyclic) bond motifs is 7. The lowest BCUT2D eigenvalue weighted by Gasteiger charge is -2.16. The molecule has 3 heterocycles. The molecule has 0 unspecified atom stereocenters. The summed E-state index contributed by atoms with van der Waals surface area (Å²) in [7, 11) is 0. The van der Waals surface area contributed by atoms with E-state index in [0.29, 0.717) is 5.56 Å². The fraction of sp³-hybridized carbons (Fsp3) is 0. The highest BCUT2D eigenvalue weighted by Crippen LogP contribution is 2.41. The van der Waals surface area contributed by atoms with Gasteiger partial charge in [0.25, 0.3) is 0 Å². The van der Waals surface area contributed by atoms with Crippen LogP contribution in [0.3, 0.4) is 0 Å². The van der Waals surface area contributed by atoms with Crippen LogP contribution in [0.15, 0.2) is 170 Å².